The number of aliphatic hydroxyl groups is 4. The average molecular weight is 418 g/mol. The Balaban J connectivity index is 1.47. The summed E-state index contributed by atoms with van der Waals surface area (Å²) in [5, 5.41) is 48.9. The Morgan fingerprint density at radius 2 is 1.73 bits per heavy atom. The number of carbonyl (C=O) groups is 1. The molecule has 9 heteroatoms. The first-order chi connectivity index (χ1) is 14.4. The van der Waals surface area contributed by atoms with Gasteiger partial charge in [0.2, 0.25) is 6.29 Å². The monoisotopic (exact) mass is 418 g/mol. The summed E-state index contributed by atoms with van der Waals surface area (Å²) in [4.78, 5) is 12.3. The molecule has 0 aromatic heterocycles. The summed E-state index contributed by atoms with van der Waals surface area (Å²) < 4.78 is 16.3. The molecule has 6 unspecified atom stereocenters. The molecule has 2 heterocycles. The van der Waals surface area contributed by atoms with Crippen LogP contribution in [0.3, 0.4) is 0 Å². The fourth-order valence-electron chi connectivity index (χ4n) is 3.67. The van der Waals surface area contributed by atoms with E-state index in [1.165, 1.54) is 6.07 Å². The minimum absolute atomic E-state index is 0.112. The number of hydrogen-bond donors (Lipinski definition) is 5. The van der Waals surface area contributed by atoms with E-state index in [-0.39, 0.29) is 11.3 Å². The number of aromatic hydroxyl groups is 1. The molecular formula is C21H22O9. The summed E-state index contributed by atoms with van der Waals surface area (Å²) in [5.74, 6) is -0.400. The molecule has 2 aromatic rings. The molecule has 0 radical (unpaired) electrons. The molecule has 0 spiro atoms. The van der Waals surface area contributed by atoms with Crippen LogP contribution in [0.5, 0.6) is 11.5 Å². The highest BCUT2D eigenvalue weighted by atomic mass is 16.7. The number of aliphatic hydroxyl groups excluding tert-OH is 4. The number of phenolic OH excluding ortho intramolecular Hbond substituents is 1. The Bertz CT molecular complexity index is 911. The van der Waals surface area contributed by atoms with Crippen molar-refractivity contribution in [2.24, 2.45) is 0 Å². The number of cyclic esters (lactones) is 1. The third kappa shape index (κ3) is 3.73. The second-order valence-electron chi connectivity index (χ2n) is 7.29. The second kappa shape index (κ2) is 8.21. The van der Waals surface area contributed by atoms with Crippen LogP contribution < -0.4 is 4.74 Å². The van der Waals surface area contributed by atoms with Crippen molar-refractivity contribution in [2.45, 2.75) is 43.2 Å². The van der Waals surface area contributed by atoms with Crippen LogP contribution in [0, 0.1) is 0 Å². The highest BCUT2D eigenvalue weighted by molar-refractivity contribution is 5.95. The quantitative estimate of drug-likeness (QED) is 0.434. The van der Waals surface area contributed by atoms with Gasteiger partial charge in [-0.3, -0.25) is 0 Å². The standard InChI is InChI=1S/C21H22O9/c22-9-15-17(24)18(25)19(26)21(30-15)28-12-6-4-10(5-7-12)14-8-11-2-1-3-13(23)16(11)20(27)29-14/h1-7,14-15,17-19,21-26H,8-9H2. The van der Waals surface area contributed by atoms with Crippen molar-refractivity contribution in [3.05, 3.63) is 59.2 Å². The third-order valence-electron chi connectivity index (χ3n) is 5.34. The van der Waals surface area contributed by atoms with Crippen molar-refractivity contribution in [3.8, 4) is 11.5 Å². The van der Waals surface area contributed by atoms with Crippen molar-refractivity contribution >= 4 is 5.97 Å². The lowest BCUT2D eigenvalue weighted by molar-refractivity contribution is -0.277. The Morgan fingerprint density at radius 1 is 1.00 bits per heavy atom. The van der Waals surface area contributed by atoms with Crippen molar-refractivity contribution < 1.29 is 44.5 Å². The summed E-state index contributed by atoms with van der Waals surface area (Å²) in [5.41, 5.74) is 1.58. The average Bonchev–Trinajstić information content (AvgIpc) is 2.74. The van der Waals surface area contributed by atoms with Crippen LogP contribution in [0.2, 0.25) is 0 Å². The minimum atomic E-state index is -1.53. The highest BCUT2D eigenvalue weighted by Crippen LogP contribution is 2.35. The van der Waals surface area contributed by atoms with E-state index in [1.54, 1.807) is 36.4 Å². The Kier molecular flexibility index (Phi) is 5.63. The molecule has 5 N–H and O–H groups in total. The molecule has 4 rings (SSSR count). The van der Waals surface area contributed by atoms with Gasteiger partial charge in [-0.25, -0.2) is 4.79 Å². The molecule has 1 saturated heterocycles. The number of hydrogen-bond acceptors (Lipinski definition) is 9. The molecule has 6 atom stereocenters. The first-order valence-electron chi connectivity index (χ1n) is 9.48. The molecule has 2 aliphatic heterocycles. The lowest BCUT2D eigenvalue weighted by Gasteiger charge is -2.39. The highest BCUT2D eigenvalue weighted by Gasteiger charge is 2.44. The number of esters is 1. The molecule has 0 aliphatic carbocycles. The summed E-state index contributed by atoms with van der Waals surface area (Å²) in [7, 11) is 0. The second-order valence-corrected chi connectivity index (χ2v) is 7.29. The number of phenols is 1. The maximum atomic E-state index is 12.3. The van der Waals surface area contributed by atoms with Gasteiger partial charge in [0.25, 0.3) is 0 Å². The molecule has 0 saturated carbocycles. The van der Waals surface area contributed by atoms with Gasteiger partial charge in [-0.05, 0) is 29.3 Å². The Hall–Kier alpha value is -2.69. The SMILES string of the molecule is O=C1OC(c2ccc(OC3OC(CO)C(O)C(O)C3O)cc2)Cc2cccc(O)c21. The molecular weight excluding hydrogens is 396 g/mol. The van der Waals surface area contributed by atoms with Gasteiger partial charge in [0, 0.05) is 6.42 Å². The zero-order chi connectivity index (χ0) is 21.4. The van der Waals surface area contributed by atoms with Gasteiger partial charge in [-0.1, -0.05) is 24.3 Å². The zero-order valence-electron chi connectivity index (χ0n) is 15.8. The fraction of sp³-hybridized carbons (Fsp3) is 0.381. The van der Waals surface area contributed by atoms with Gasteiger partial charge in [0.15, 0.2) is 0 Å². The van der Waals surface area contributed by atoms with E-state index in [2.05, 4.69) is 0 Å². The van der Waals surface area contributed by atoms with Crippen LogP contribution in [-0.2, 0) is 15.9 Å². The van der Waals surface area contributed by atoms with Crippen molar-refractivity contribution in [1.82, 2.24) is 0 Å². The predicted octanol–water partition coefficient (Wildman–Crippen LogP) is 0.0251. The van der Waals surface area contributed by atoms with Gasteiger partial charge in [-0.15, -0.1) is 0 Å². The molecule has 1 fully saturated rings. The molecule has 30 heavy (non-hydrogen) atoms. The zero-order valence-corrected chi connectivity index (χ0v) is 15.8. The molecule has 0 bridgehead atoms. The normalized spacial score (nSPS) is 31.0. The first kappa shape index (κ1) is 20.6. The van der Waals surface area contributed by atoms with Crippen LogP contribution in [0.4, 0.5) is 0 Å². The van der Waals surface area contributed by atoms with E-state index in [1.807, 2.05) is 0 Å². The van der Waals surface area contributed by atoms with Crippen LogP contribution >= 0.6 is 0 Å². The van der Waals surface area contributed by atoms with Crippen LogP contribution in [0.15, 0.2) is 42.5 Å². The molecule has 9 nitrogen and oxygen atoms in total. The first-order valence-corrected chi connectivity index (χ1v) is 9.48. The van der Waals surface area contributed by atoms with Crippen LogP contribution in [0.25, 0.3) is 0 Å². The van der Waals surface area contributed by atoms with E-state index in [9.17, 15) is 30.3 Å². The number of carbonyl (C=O) groups excluding carboxylic acids is 1. The van der Waals surface area contributed by atoms with Crippen molar-refractivity contribution in [1.29, 1.82) is 0 Å². The Morgan fingerprint density at radius 3 is 2.43 bits per heavy atom. The maximum Gasteiger partial charge on any atom is 0.342 e. The fourth-order valence-corrected chi connectivity index (χ4v) is 3.67. The largest absolute Gasteiger partial charge is 0.507 e. The van der Waals surface area contributed by atoms with Gasteiger partial charge in [0.1, 0.15) is 47.6 Å². The number of benzene rings is 2. The summed E-state index contributed by atoms with van der Waals surface area (Å²) in [6.45, 7) is -0.548. The van der Waals surface area contributed by atoms with Gasteiger partial charge < -0.3 is 39.7 Å². The smallest absolute Gasteiger partial charge is 0.342 e. The topological polar surface area (TPSA) is 146 Å². The van der Waals surface area contributed by atoms with E-state index in [0.717, 1.165) is 0 Å². The number of ether oxygens (including phenoxy) is 3. The number of rotatable bonds is 4. The molecule has 2 aliphatic rings. The van der Waals surface area contributed by atoms with Crippen LogP contribution in [-0.4, -0.2) is 68.8 Å². The minimum Gasteiger partial charge on any atom is -0.507 e. The van der Waals surface area contributed by atoms with Gasteiger partial charge in [-0.2, -0.15) is 0 Å². The van der Waals surface area contributed by atoms with Gasteiger partial charge in [0.05, 0.1) is 6.61 Å². The third-order valence-corrected chi connectivity index (χ3v) is 5.34. The number of fused-ring (bicyclic) bond motifs is 1. The predicted molar refractivity (Wildman–Crippen MR) is 101 cm³/mol. The molecule has 2 aromatic carbocycles. The van der Waals surface area contributed by atoms with E-state index >= 15 is 0 Å². The Labute approximate surface area is 171 Å². The van der Waals surface area contributed by atoms with Crippen molar-refractivity contribution in [2.75, 3.05) is 6.61 Å². The van der Waals surface area contributed by atoms with Crippen molar-refractivity contribution in [3.63, 3.8) is 0 Å². The lowest BCUT2D eigenvalue weighted by Crippen LogP contribution is -2.60. The lowest BCUT2D eigenvalue weighted by atomic mass is 9.94. The van der Waals surface area contributed by atoms with E-state index in [4.69, 9.17) is 14.2 Å². The van der Waals surface area contributed by atoms with E-state index in [0.29, 0.717) is 23.3 Å². The van der Waals surface area contributed by atoms with Crippen LogP contribution in [0.1, 0.15) is 27.6 Å². The molecule has 160 valence electrons. The molecule has 0 amide bonds. The summed E-state index contributed by atoms with van der Waals surface area (Å²) in [6, 6.07) is 11.4. The van der Waals surface area contributed by atoms with E-state index < -0.39 is 49.4 Å². The van der Waals surface area contributed by atoms with Gasteiger partial charge >= 0.3 is 5.97 Å². The summed E-state index contributed by atoms with van der Waals surface area (Å²) in [6.07, 6.45) is -6.98. The summed E-state index contributed by atoms with van der Waals surface area (Å²) >= 11 is 0. The maximum absolute atomic E-state index is 12.3.